The second-order valence-electron chi connectivity index (χ2n) is 5.40. The van der Waals surface area contributed by atoms with E-state index in [0.29, 0.717) is 6.42 Å². The van der Waals surface area contributed by atoms with Crippen LogP contribution in [0.3, 0.4) is 0 Å². The molecule has 0 aliphatic rings. The fourth-order valence-corrected chi connectivity index (χ4v) is 2.31. The Morgan fingerprint density at radius 2 is 1.61 bits per heavy atom. The SMILES string of the molecule is N[C@H](O)C[C@H](Cc1ccccc1)NC(=O)OCc1ccccc1. The first-order valence-corrected chi connectivity index (χ1v) is 7.58. The van der Waals surface area contributed by atoms with Gasteiger partial charge < -0.3 is 20.9 Å². The molecule has 5 heteroatoms. The van der Waals surface area contributed by atoms with E-state index in [2.05, 4.69) is 5.32 Å². The zero-order chi connectivity index (χ0) is 16.5. The molecule has 0 heterocycles. The van der Waals surface area contributed by atoms with Gasteiger partial charge in [-0.2, -0.15) is 0 Å². The Balaban J connectivity index is 1.87. The summed E-state index contributed by atoms with van der Waals surface area (Å²) in [7, 11) is 0. The monoisotopic (exact) mass is 314 g/mol. The molecule has 0 saturated heterocycles. The summed E-state index contributed by atoms with van der Waals surface area (Å²) in [5, 5.41) is 12.2. The fraction of sp³-hybridized carbons (Fsp3) is 0.278. The lowest BCUT2D eigenvalue weighted by molar-refractivity contribution is 0.124. The number of nitrogens with one attached hydrogen (secondary N) is 1. The Bertz CT molecular complexity index is 588. The highest BCUT2D eigenvalue weighted by Gasteiger charge is 2.16. The molecule has 23 heavy (non-hydrogen) atoms. The number of rotatable bonds is 7. The molecule has 0 saturated carbocycles. The van der Waals surface area contributed by atoms with Crippen LogP contribution in [0.25, 0.3) is 0 Å². The zero-order valence-electron chi connectivity index (χ0n) is 12.9. The summed E-state index contributed by atoms with van der Waals surface area (Å²) in [6.07, 6.45) is -0.668. The number of amides is 1. The van der Waals surface area contributed by atoms with Crippen LogP contribution in [0.5, 0.6) is 0 Å². The molecule has 2 aromatic rings. The summed E-state index contributed by atoms with van der Waals surface area (Å²) in [5.41, 5.74) is 7.43. The fourth-order valence-electron chi connectivity index (χ4n) is 2.31. The first-order chi connectivity index (χ1) is 11.1. The number of alkyl carbamates (subject to hydrolysis) is 1. The number of carbonyl (C=O) groups excluding carboxylic acids is 1. The van der Waals surface area contributed by atoms with Crippen molar-refractivity contribution in [3.8, 4) is 0 Å². The van der Waals surface area contributed by atoms with E-state index in [1.54, 1.807) is 0 Å². The molecule has 0 aliphatic carbocycles. The molecule has 0 fully saturated rings. The van der Waals surface area contributed by atoms with Crippen LogP contribution in [0.15, 0.2) is 60.7 Å². The molecule has 0 radical (unpaired) electrons. The molecule has 0 bridgehead atoms. The lowest BCUT2D eigenvalue weighted by Crippen LogP contribution is -2.41. The maximum Gasteiger partial charge on any atom is 0.407 e. The third-order valence-electron chi connectivity index (χ3n) is 3.39. The minimum absolute atomic E-state index is 0.204. The van der Waals surface area contributed by atoms with Crippen molar-refractivity contribution in [3.63, 3.8) is 0 Å². The Hall–Kier alpha value is -2.37. The smallest absolute Gasteiger partial charge is 0.407 e. The molecule has 2 atom stereocenters. The summed E-state index contributed by atoms with van der Waals surface area (Å²) in [6.45, 7) is 0.204. The molecule has 0 aromatic heterocycles. The van der Waals surface area contributed by atoms with Gasteiger partial charge in [-0.25, -0.2) is 4.79 Å². The normalized spacial score (nSPS) is 13.1. The van der Waals surface area contributed by atoms with Gasteiger partial charge in [0.2, 0.25) is 0 Å². The number of aliphatic hydroxyl groups excluding tert-OH is 1. The van der Waals surface area contributed by atoms with Crippen LogP contribution in [-0.4, -0.2) is 23.5 Å². The van der Waals surface area contributed by atoms with Gasteiger partial charge in [0.1, 0.15) is 12.8 Å². The number of hydrogen-bond acceptors (Lipinski definition) is 4. The van der Waals surface area contributed by atoms with Crippen molar-refractivity contribution in [1.82, 2.24) is 5.32 Å². The van der Waals surface area contributed by atoms with Crippen LogP contribution in [0, 0.1) is 0 Å². The molecule has 1 amide bonds. The summed E-state index contributed by atoms with van der Waals surface area (Å²) in [5.74, 6) is 0. The van der Waals surface area contributed by atoms with Crippen LogP contribution in [-0.2, 0) is 17.8 Å². The number of nitrogens with two attached hydrogens (primary N) is 1. The second kappa shape index (κ2) is 8.92. The van der Waals surface area contributed by atoms with Gasteiger partial charge in [0.25, 0.3) is 0 Å². The number of hydrogen-bond donors (Lipinski definition) is 3. The van der Waals surface area contributed by atoms with Crippen molar-refractivity contribution in [2.24, 2.45) is 5.73 Å². The highest BCUT2D eigenvalue weighted by atomic mass is 16.5. The van der Waals surface area contributed by atoms with Crippen molar-refractivity contribution in [2.75, 3.05) is 0 Å². The summed E-state index contributed by atoms with van der Waals surface area (Å²) >= 11 is 0. The summed E-state index contributed by atoms with van der Waals surface area (Å²) in [4.78, 5) is 11.9. The highest BCUT2D eigenvalue weighted by molar-refractivity contribution is 5.67. The van der Waals surface area contributed by atoms with Crippen molar-refractivity contribution >= 4 is 6.09 Å². The first kappa shape index (κ1) is 17.0. The van der Waals surface area contributed by atoms with E-state index < -0.39 is 12.3 Å². The largest absolute Gasteiger partial charge is 0.445 e. The molecular weight excluding hydrogens is 292 g/mol. The Labute approximate surface area is 136 Å². The van der Waals surface area contributed by atoms with E-state index >= 15 is 0 Å². The predicted molar refractivity (Wildman–Crippen MR) is 88.5 cm³/mol. The van der Waals surface area contributed by atoms with Crippen LogP contribution in [0.1, 0.15) is 17.5 Å². The second-order valence-corrected chi connectivity index (χ2v) is 5.40. The third-order valence-corrected chi connectivity index (χ3v) is 3.39. The Morgan fingerprint density at radius 1 is 1.04 bits per heavy atom. The number of ether oxygens (including phenoxy) is 1. The van der Waals surface area contributed by atoms with E-state index in [4.69, 9.17) is 10.5 Å². The van der Waals surface area contributed by atoms with Crippen molar-refractivity contribution < 1.29 is 14.6 Å². The summed E-state index contributed by atoms with van der Waals surface area (Å²) < 4.78 is 5.21. The molecule has 122 valence electrons. The van der Waals surface area contributed by atoms with Crippen molar-refractivity contribution in [2.45, 2.75) is 31.7 Å². The molecule has 2 aromatic carbocycles. The highest BCUT2D eigenvalue weighted by Crippen LogP contribution is 2.08. The van der Waals surface area contributed by atoms with E-state index in [1.807, 2.05) is 60.7 Å². The quantitative estimate of drug-likeness (QED) is 0.684. The van der Waals surface area contributed by atoms with Gasteiger partial charge in [0.15, 0.2) is 0 Å². The maximum absolute atomic E-state index is 11.9. The molecular formula is C18H22N2O3. The van der Waals surface area contributed by atoms with Gasteiger partial charge >= 0.3 is 6.09 Å². The van der Waals surface area contributed by atoms with E-state index in [0.717, 1.165) is 11.1 Å². The number of benzene rings is 2. The van der Waals surface area contributed by atoms with Gasteiger partial charge in [-0.15, -0.1) is 0 Å². The molecule has 5 nitrogen and oxygen atoms in total. The maximum atomic E-state index is 11.9. The molecule has 0 aliphatic heterocycles. The van der Waals surface area contributed by atoms with Gasteiger partial charge in [-0.1, -0.05) is 60.7 Å². The van der Waals surface area contributed by atoms with Crippen LogP contribution in [0.4, 0.5) is 4.79 Å². The molecule has 0 unspecified atom stereocenters. The van der Waals surface area contributed by atoms with Gasteiger partial charge in [0.05, 0.1) is 0 Å². The van der Waals surface area contributed by atoms with Crippen molar-refractivity contribution in [3.05, 3.63) is 71.8 Å². The van der Waals surface area contributed by atoms with Gasteiger partial charge in [0, 0.05) is 12.5 Å². The third kappa shape index (κ3) is 6.50. The number of aliphatic hydroxyl groups is 1. The van der Waals surface area contributed by atoms with E-state index in [1.165, 1.54) is 0 Å². The summed E-state index contributed by atoms with van der Waals surface area (Å²) in [6, 6.07) is 18.9. The van der Waals surface area contributed by atoms with Gasteiger partial charge in [-0.05, 0) is 17.5 Å². The van der Waals surface area contributed by atoms with Crippen LogP contribution < -0.4 is 11.1 Å². The topological polar surface area (TPSA) is 84.6 Å². The predicted octanol–water partition coefficient (Wildman–Crippen LogP) is 2.19. The average molecular weight is 314 g/mol. The van der Waals surface area contributed by atoms with E-state index in [-0.39, 0.29) is 19.1 Å². The lowest BCUT2D eigenvalue weighted by Gasteiger charge is -2.20. The lowest BCUT2D eigenvalue weighted by atomic mass is 10.0. The van der Waals surface area contributed by atoms with Gasteiger partial charge in [-0.3, -0.25) is 0 Å². The average Bonchev–Trinajstić information content (AvgIpc) is 2.54. The standard InChI is InChI=1S/C18H22N2O3/c19-17(21)12-16(11-14-7-3-1-4-8-14)20-18(22)23-13-15-9-5-2-6-10-15/h1-10,16-17,21H,11-13,19H2,(H,20,22)/t16-,17+/m0/s1. The van der Waals surface area contributed by atoms with Crippen molar-refractivity contribution in [1.29, 1.82) is 0 Å². The molecule has 0 spiro atoms. The molecule has 2 rings (SSSR count). The Morgan fingerprint density at radius 3 is 2.17 bits per heavy atom. The minimum Gasteiger partial charge on any atom is -0.445 e. The Kier molecular flexibility index (Phi) is 6.59. The first-order valence-electron chi connectivity index (χ1n) is 7.58. The van der Waals surface area contributed by atoms with E-state index in [9.17, 15) is 9.90 Å². The van der Waals surface area contributed by atoms with Crippen LogP contribution >= 0.6 is 0 Å². The molecule has 4 N–H and O–H groups in total. The zero-order valence-corrected chi connectivity index (χ0v) is 12.9. The minimum atomic E-state index is -0.988. The number of carbonyl (C=O) groups is 1. The van der Waals surface area contributed by atoms with Crippen LogP contribution in [0.2, 0.25) is 0 Å².